The van der Waals surface area contributed by atoms with Crippen molar-refractivity contribution in [1.29, 1.82) is 0 Å². The molecule has 72 valence electrons. The first-order valence-corrected chi connectivity index (χ1v) is 4.56. The minimum atomic E-state index is 0.484. The normalized spacial score (nSPS) is 10.4. The first-order chi connectivity index (χ1) is 6.81. The molecule has 0 saturated heterocycles. The Hall–Kier alpha value is -1.39. The maximum Gasteiger partial charge on any atom is 0.281 e. The highest BCUT2D eigenvalue weighted by atomic mass is 35.5. The van der Waals surface area contributed by atoms with Crippen LogP contribution in [0, 0.1) is 0 Å². The third-order valence-electron chi connectivity index (χ3n) is 1.80. The van der Waals surface area contributed by atoms with Gasteiger partial charge in [-0.05, 0) is 12.1 Å². The van der Waals surface area contributed by atoms with Crippen LogP contribution in [-0.2, 0) is 6.54 Å². The van der Waals surface area contributed by atoms with Gasteiger partial charge in [0.2, 0.25) is 5.82 Å². The highest BCUT2D eigenvalue weighted by Crippen LogP contribution is 2.24. The Morgan fingerprint density at radius 2 is 2.14 bits per heavy atom. The summed E-state index contributed by atoms with van der Waals surface area (Å²) in [4.78, 5) is 4.14. The summed E-state index contributed by atoms with van der Waals surface area (Å²) < 4.78 is 4.94. The van der Waals surface area contributed by atoms with Crippen LogP contribution in [-0.4, -0.2) is 10.1 Å². The molecule has 0 spiro atoms. The van der Waals surface area contributed by atoms with E-state index >= 15 is 0 Å². The van der Waals surface area contributed by atoms with E-state index in [0.29, 0.717) is 23.3 Å². The lowest BCUT2D eigenvalue weighted by atomic mass is 10.2. The Morgan fingerprint density at radius 3 is 2.79 bits per heavy atom. The Bertz CT molecular complexity index is 441. The Kier molecular flexibility index (Phi) is 2.47. The maximum absolute atomic E-state index is 5.97. The topological polar surface area (TPSA) is 66.6 Å². The summed E-state index contributed by atoms with van der Waals surface area (Å²) >= 11 is 5.97. The van der Waals surface area contributed by atoms with Crippen molar-refractivity contribution in [2.75, 3.05) is 0 Å². The monoisotopic (exact) mass is 210 g/mol. The summed E-state index contributed by atoms with van der Waals surface area (Å²) in [5.74, 6) is 1.02. The number of nitrogens with zero attached hydrogens (tertiary/aromatic N) is 2. The van der Waals surface area contributed by atoms with E-state index in [0.717, 1.165) is 5.56 Å². The van der Waals surface area contributed by atoms with Crippen molar-refractivity contribution < 1.29 is 10.3 Å². The molecule has 1 aromatic carbocycles. The molecule has 4 nitrogen and oxygen atoms in total. The summed E-state index contributed by atoms with van der Waals surface area (Å²) in [6, 6.07) is 7.37. The van der Waals surface area contributed by atoms with E-state index in [1.165, 1.54) is 0 Å². The Balaban J connectivity index is 2.44. The van der Waals surface area contributed by atoms with Crippen molar-refractivity contribution in [2.45, 2.75) is 6.54 Å². The molecular formula is C9H9ClN3O+. The summed E-state index contributed by atoms with van der Waals surface area (Å²) in [7, 11) is 0. The molecule has 1 aromatic heterocycles. The first kappa shape index (κ1) is 9.18. The number of aromatic nitrogens is 2. The summed E-state index contributed by atoms with van der Waals surface area (Å²) in [5.41, 5.74) is 4.43. The fraction of sp³-hybridized carbons (Fsp3) is 0.111. The zero-order valence-electron chi connectivity index (χ0n) is 7.40. The molecule has 0 radical (unpaired) electrons. The van der Waals surface area contributed by atoms with Crippen molar-refractivity contribution in [2.24, 2.45) is 0 Å². The third kappa shape index (κ3) is 1.62. The zero-order chi connectivity index (χ0) is 9.97. The first-order valence-electron chi connectivity index (χ1n) is 4.18. The van der Waals surface area contributed by atoms with Gasteiger partial charge in [-0.15, -0.1) is 0 Å². The zero-order valence-corrected chi connectivity index (χ0v) is 8.16. The lowest BCUT2D eigenvalue weighted by molar-refractivity contribution is -0.391. The molecular weight excluding hydrogens is 202 g/mol. The molecule has 5 heteroatoms. The highest BCUT2D eigenvalue weighted by molar-refractivity contribution is 6.33. The smallest absolute Gasteiger partial charge is 0.281 e. The molecule has 0 aliphatic rings. The molecule has 1 heterocycles. The van der Waals surface area contributed by atoms with E-state index in [4.69, 9.17) is 16.1 Å². The number of quaternary nitrogens is 1. The molecule has 0 amide bonds. The van der Waals surface area contributed by atoms with Gasteiger partial charge in [0, 0.05) is 5.56 Å². The standard InChI is InChI=1S/C9H8ClN3O/c10-7-4-2-1-3-6(7)9-12-8(5-11)14-13-9/h1-4H,5,11H2/p+1. The van der Waals surface area contributed by atoms with Gasteiger partial charge in [-0.3, -0.25) is 0 Å². The van der Waals surface area contributed by atoms with Gasteiger partial charge in [-0.2, -0.15) is 4.98 Å². The molecule has 0 aliphatic carbocycles. The number of benzene rings is 1. The van der Waals surface area contributed by atoms with Crippen molar-refractivity contribution in [3.63, 3.8) is 0 Å². The molecule has 2 rings (SSSR count). The summed E-state index contributed by atoms with van der Waals surface area (Å²) in [6.07, 6.45) is 0. The number of rotatable bonds is 2. The SMILES string of the molecule is [NH3+]Cc1nc(-c2ccccc2Cl)no1. The minimum Gasteiger partial charge on any atom is -0.350 e. The van der Waals surface area contributed by atoms with Crippen LogP contribution < -0.4 is 5.73 Å². The van der Waals surface area contributed by atoms with E-state index in [1.807, 2.05) is 18.2 Å². The van der Waals surface area contributed by atoms with Crippen LogP contribution in [0.5, 0.6) is 0 Å². The van der Waals surface area contributed by atoms with Gasteiger partial charge in [0.25, 0.3) is 5.89 Å². The molecule has 3 N–H and O–H groups in total. The van der Waals surface area contributed by atoms with E-state index in [1.54, 1.807) is 6.07 Å². The molecule has 0 unspecified atom stereocenters. The fourth-order valence-electron chi connectivity index (χ4n) is 1.11. The van der Waals surface area contributed by atoms with E-state index in [2.05, 4.69) is 15.9 Å². The predicted octanol–water partition coefficient (Wildman–Crippen LogP) is 1.13. The van der Waals surface area contributed by atoms with Crippen LogP contribution in [0.1, 0.15) is 5.89 Å². The Labute approximate surface area is 85.7 Å². The molecule has 0 bridgehead atoms. The van der Waals surface area contributed by atoms with Gasteiger partial charge < -0.3 is 10.3 Å². The highest BCUT2D eigenvalue weighted by Gasteiger charge is 2.10. The summed E-state index contributed by atoms with van der Waals surface area (Å²) in [6.45, 7) is 0.484. The molecule has 0 atom stereocenters. The lowest BCUT2D eigenvalue weighted by Gasteiger charge is -1.95. The van der Waals surface area contributed by atoms with E-state index < -0.39 is 0 Å². The van der Waals surface area contributed by atoms with Crippen molar-refractivity contribution in [3.05, 3.63) is 35.2 Å². The largest absolute Gasteiger partial charge is 0.350 e. The molecule has 14 heavy (non-hydrogen) atoms. The molecule has 0 saturated carbocycles. The second kappa shape index (κ2) is 3.77. The van der Waals surface area contributed by atoms with Crippen LogP contribution in [0.2, 0.25) is 5.02 Å². The van der Waals surface area contributed by atoms with Crippen molar-refractivity contribution in [1.82, 2.24) is 10.1 Å². The molecule has 2 aromatic rings. The lowest BCUT2D eigenvalue weighted by Crippen LogP contribution is -2.47. The van der Waals surface area contributed by atoms with Crippen LogP contribution >= 0.6 is 11.6 Å². The number of hydrogen-bond acceptors (Lipinski definition) is 3. The fourth-order valence-corrected chi connectivity index (χ4v) is 1.33. The summed E-state index contributed by atoms with van der Waals surface area (Å²) in [5, 5.41) is 4.42. The van der Waals surface area contributed by atoms with E-state index in [9.17, 15) is 0 Å². The van der Waals surface area contributed by atoms with Crippen LogP contribution in [0.4, 0.5) is 0 Å². The predicted molar refractivity (Wildman–Crippen MR) is 51.3 cm³/mol. The van der Waals surface area contributed by atoms with Gasteiger partial charge in [0.05, 0.1) is 5.02 Å². The second-order valence-electron chi connectivity index (χ2n) is 2.74. The number of halogens is 1. The van der Waals surface area contributed by atoms with Crippen molar-refractivity contribution >= 4 is 11.6 Å². The molecule has 0 aliphatic heterocycles. The van der Waals surface area contributed by atoms with Crippen LogP contribution in [0.25, 0.3) is 11.4 Å². The van der Waals surface area contributed by atoms with Gasteiger partial charge in [0.1, 0.15) is 0 Å². The van der Waals surface area contributed by atoms with Crippen LogP contribution in [0.3, 0.4) is 0 Å². The average Bonchev–Trinajstić information content (AvgIpc) is 2.67. The Morgan fingerprint density at radius 1 is 1.36 bits per heavy atom. The average molecular weight is 211 g/mol. The van der Waals surface area contributed by atoms with E-state index in [-0.39, 0.29) is 0 Å². The number of hydrogen-bond donors (Lipinski definition) is 1. The third-order valence-corrected chi connectivity index (χ3v) is 2.13. The van der Waals surface area contributed by atoms with Gasteiger partial charge in [-0.1, -0.05) is 28.9 Å². The maximum atomic E-state index is 5.97. The van der Waals surface area contributed by atoms with Gasteiger partial charge >= 0.3 is 0 Å². The van der Waals surface area contributed by atoms with Crippen molar-refractivity contribution in [3.8, 4) is 11.4 Å². The second-order valence-corrected chi connectivity index (χ2v) is 3.15. The quantitative estimate of drug-likeness (QED) is 0.808. The van der Waals surface area contributed by atoms with Gasteiger partial charge in [-0.25, -0.2) is 0 Å². The molecule has 0 fully saturated rings. The minimum absolute atomic E-state index is 0.484. The van der Waals surface area contributed by atoms with Gasteiger partial charge in [0.15, 0.2) is 6.54 Å². The van der Waals surface area contributed by atoms with Crippen LogP contribution in [0.15, 0.2) is 28.8 Å².